The summed E-state index contributed by atoms with van der Waals surface area (Å²) < 4.78 is 16.7. The van der Waals surface area contributed by atoms with Gasteiger partial charge in [0.1, 0.15) is 17.0 Å². The van der Waals surface area contributed by atoms with Crippen molar-refractivity contribution in [2.24, 2.45) is 11.8 Å². The van der Waals surface area contributed by atoms with E-state index in [1.807, 2.05) is 90.1 Å². The third-order valence-electron chi connectivity index (χ3n) is 7.21. The van der Waals surface area contributed by atoms with Gasteiger partial charge in [0.25, 0.3) is 0 Å². The summed E-state index contributed by atoms with van der Waals surface area (Å²) in [6, 6.07) is 15.1. The molecule has 0 N–H and O–H groups in total. The summed E-state index contributed by atoms with van der Waals surface area (Å²) >= 11 is 0. The van der Waals surface area contributed by atoms with Crippen molar-refractivity contribution in [3.05, 3.63) is 54.1 Å². The van der Waals surface area contributed by atoms with Crippen LogP contribution in [0.25, 0.3) is 0 Å². The van der Waals surface area contributed by atoms with Crippen LogP contribution in [0.2, 0.25) is 0 Å². The molecule has 0 radical (unpaired) electrons. The first-order chi connectivity index (χ1) is 19.2. The number of anilines is 2. The van der Waals surface area contributed by atoms with Crippen LogP contribution in [-0.2, 0) is 20.7 Å². The van der Waals surface area contributed by atoms with E-state index < -0.39 is 17.1 Å². The van der Waals surface area contributed by atoms with E-state index in [-0.39, 0.29) is 24.0 Å². The van der Waals surface area contributed by atoms with Gasteiger partial charge in [-0.25, -0.2) is 9.59 Å². The van der Waals surface area contributed by atoms with Crippen LogP contribution in [0.1, 0.15) is 53.5 Å². The number of hydrogen-bond acceptors (Lipinski definition) is 6. The number of esters is 1. The average Bonchev–Trinajstić information content (AvgIpc) is 3.53. The molecule has 2 atom stereocenters. The summed E-state index contributed by atoms with van der Waals surface area (Å²) in [6.45, 7) is 13.2. The SMILES string of the molecule is COc1cccc(N2CCN(c3cccc(C[C@H](C(=O)OC(C)(C)C)[C@H]4CCN(C(=O)OC(C)(C)C)C4)c3)C2=O)c1. The van der Waals surface area contributed by atoms with Gasteiger partial charge in [-0.15, -0.1) is 0 Å². The molecule has 9 nitrogen and oxygen atoms in total. The second-order valence-electron chi connectivity index (χ2n) is 12.8. The molecule has 0 spiro atoms. The predicted octanol–water partition coefficient (Wildman–Crippen LogP) is 5.90. The number of carbonyl (C=O) groups is 3. The number of ether oxygens (including phenoxy) is 3. The third-order valence-corrected chi connectivity index (χ3v) is 7.21. The Labute approximate surface area is 243 Å². The highest BCUT2D eigenvalue weighted by Crippen LogP contribution is 2.33. The highest BCUT2D eigenvalue weighted by molar-refractivity contribution is 6.06. The number of benzene rings is 2. The van der Waals surface area contributed by atoms with Crippen LogP contribution in [0, 0.1) is 11.8 Å². The standard InChI is InChI=1S/C32H43N3O6/c1-31(2,3)40-28(36)27(23-14-15-33(21-23)30(38)41-32(4,5)6)19-22-10-8-11-24(18-22)34-16-17-35(29(34)37)25-12-9-13-26(20-25)39-7/h8-13,18,20,23,27H,14-17,19,21H2,1-7H3/t23-,27-/m0/s1. The van der Waals surface area contributed by atoms with Crippen molar-refractivity contribution in [3.8, 4) is 5.75 Å². The number of likely N-dealkylation sites (tertiary alicyclic amines) is 1. The minimum atomic E-state index is -0.633. The first-order valence-electron chi connectivity index (χ1n) is 14.3. The molecular weight excluding hydrogens is 522 g/mol. The number of hydrogen-bond donors (Lipinski definition) is 0. The zero-order chi connectivity index (χ0) is 29.9. The molecule has 2 aliphatic heterocycles. The van der Waals surface area contributed by atoms with E-state index in [2.05, 4.69) is 0 Å². The van der Waals surface area contributed by atoms with Crippen LogP contribution in [0.4, 0.5) is 21.0 Å². The molecule has 2 aromatic carbocycles. The molecule has 0 saturated carbocycles. The summed E-state index contributed by atoms with van der Waals surface area (Å²) in [5.74, 6) is -0.0982. The van der Waals surface area contributed by atoms with Crippen molar-refractivity contribution >= 4 is 29.5 Å². The Balaban J connectivity index is 1.51. The predicted molar refractivity (Wildman–Crippen MR) is 158 cm³/mol. The summed E-state index contributed by atoms with van der Waals surface area (Å²) in [5, 5.41) is 0. The average molecular weight is 566 g/mol. The molecule has 41 heavy (non-hydrogen) atoms. The number of methoxy groups -OCH3 is 1. The second-order valence-corrected chi connectivity index (χ2v) is 12.8. The van der Waals surface area contributed by atoms with Gasteiger partial charge >= 0.3 is 18.1 Å². The Bertz CT molecular complexity index is 1260. The van der Waals surface area contributed by atoms with Gasteiger partial charge in [-0.1, -0.05) is 18.2 Å². The van der Waals surface area contributed by atoms with Crippen LogP contribution in [-0.4, -0.2) is 67.5 Å². The van der Waals surface area contributed by atoms with Gasteiger partial charge in [0.2, 0.25) is 0 Å². The van der Waals surface area contributed by atoms with Gasteiger partial charge in [0.15, 0.2) is 0 Å². The maximum Gasteiger partial charge on any atom is 0.410 e. The molecule has 2 aromatic rings. The maximum atomic E-state index is 13.5. The van der Waals surface area contributed by atoms with Crippen molar-refractivity contribution in [2.45, 2.75) is 65.6 Å². The third kappa shape index (κ3) is 7.71. The lowest BCUT2D eigenvalue weighted by Gasteiger charge is -2.28. The Kier molecular flexibility index (Phi) is 8.85. The van der Waals surface area contributed by atoms with Crippen molar-refractivity contribution in [3.63, 3.8) is 0 Å². The monoisotopic (exact) mass is 565 g/mol. The highest BCUT2D eigenvalue weighted by Gasteiger charge is 2.39. The molecule has 2 fully saturated rings. The van der Waals surface area contributed by atoms with Crippen LogP contribution in [0.3, 0.4) is 0 Å². The van der Waals surface area contributed by atoms with E-state index in [0.29, 0.717) is 44.8 Å². The van der Waals surface area contributed by atoms with Crippen molar-refractivity contribution in [2.75, 3.05) is 43.1 Å². The number of rotatable bonds is 7. The maximum absolute atomic E-state index is 13.5. The van der Waals surface area contributed by atoms with E-state index in [9.17, 15) is 14.4 Å². The van der Waals surface area contributed by atoms with Gasteiger partial charge < -0.3 is 19.1 Å². The van der Waals surface area contributed by atoms with Gasteiger partial charge in [0, 0.05) is 43.6 Å². The van der Waals surface area contributed by atoms with Crippen molar-refractivity contribution in [1.82, 2.24) is 4.90 Å². The van der Waals surface area contributed by atoms with Gasteiger partial charge in [-0.05, 0) is 90.1 Å². The minimum absolute atomic E-state index is 0.0713. The van der Waals surface area contributed by atoms with Crippen LogP contribution >= 0.6 is 0 Å². The van der Waals surface area contributed by atoms with Gasteiger partial charge in [-0.3, -0.25) is 14.6 Å². The molecular formula is C32H43N3O6. The summed E-state index contributed by atoms with van der Waals surface area (Å²) in [6.07, 6.45) is 0.762. The number of nitrogens with zero attached hydrogens (tertiary/aromatic N) is 3. The van der Waals surface area contributed by atoms with E-state index in [0.717, 1.165) is 16.9 Å². The fourth-order valence-electron chi connectivity index (χ4n) is 5.33. The van der Waals surface area contributed by atoms with Crippen molar-refractivity contribution < 1.29 is 28.6 Å². The Morgan fingerprint density at radius 1 is 0.878 bits per heavy atom. The zero-order valence-corrected chi connectivity index (χ0v) is 25.3. The highest BCUT2D eigenvalue weighted by atomic mass is 16.6. The smallest absolute Gasteiger partial charge is 0.410 e. The fourth-order valence-corrected chi connectivity index (χ4v) is 5.33. The quantitative estimate of drug-likeness (QED) is 0.389. The lowest BCUT2D eigenvalue weighted by atomic mass is 9.86. The normalized spacial score (nSPS) is 18.5. The zero-order valence-electron chi connectivity index (χ0n) is 25.3. The Hall–Kier alpha value is -3.75. The van der Waals surface area contributed by atoms with Gasteiger partial charge in [0.05, 0.1) is 13.0 Å². The molecule has 3 amide bonds. The Morgan fingerprint density at radius 2 is 1.49 bits per heavy atom. The van der Waals surface area contributed by atoms with E-state index >= 15 is 0 Å². The lowest BCUT2D eigenvalue weighted by Crippen LogP contribution is -2.38. The minimum Gasteiger partial charge on any atom is -0.497 e. The summed E-state index contributed by atoms with van der Waals surface area (Å²) in [4.78, 5) is 44.7. The summed E-state index contributed by atoms with van der Waals surface area (Å²) in [5.41, 5.74) is 1.28. The molecule has 2 aliphatic rings. The summed E-state index contributed by atoms with van der Waals surface area (Å²) in [7, 11) is 1.61. The molecule has 0 aliphatic carbocycles. The first-order valence-corrected chi connectivity index (χ1v) is 14.3. The molecule has 4 rings (SSSR count). The van der Waals surface area contributed by atoms with Crippen molar-refractivity contribution in [1.29, 1.82) is 0 Å². The Morgan fingerprint density at radius 3 is 2.10 bits per heavy atom. The topological polar surface area (TPSA) is 88.6 Å². The molecule has 0 unspecified atom stereocenters. The largest absolute Gasteiger partial charge is 0.497 e. The van der Waals surface area contributed by atoms with Crippen LogP contribution in [0.15, 0.2) is 48.5 Å². The first kappa shape index (κ1) is 30.2. The number of carbonyl (C=O) groups excluding carboxylic acids is 3. The van der Waals surface area contributed by atoms with Crippen LogP contribution in [0.5, 0.6) is 5.75 Å². The molecule has 0 bridgehead atoms. The molecule has 9 heteroatoms. The molecule has 0 aromatic heterocycles. The lowest BCUT2D eigenvalue weighted by molar-refractivity contribution is -0.161. The molecule has 222 valence electrons. The van der Waals surface area contributed by atoms with Gasteiger partial charge in [-0.2, -0.15) is 0 Å². The number of urea groups is 1. The number of amides is 3. The second kappa shape index (κ2) is 12.0. The molecule has 2 heterocycles. The van der Waals surface area contributed by atoms with E-state index in [1.165, 1.54) is 0 Å². The molecule has 2 saturated heterocycles. The fraction of sp³-hybridized carbons (Fsp3) is 0.531. The van der Waals surface area contributed by atoms with Crippen LogP contribution < -0.4 is 14.5 Å². The van der Waals surface area contributed by atoms with E-state index in [1.54, 1.807) is 21.8 Å². The van der Waals surface area contributed by atoms with E-state index in [4.69, 9.17) is 14.2 Å².